The first kappa shape index (κ1) is 24.0. The van der Waals surface area contributed by atoms with Crippen LogP contribution in [0.25, 0.3) is 0 Å². The molecule has 1 aromatic carbocycles. The smallest absolute Gasteiger partial charge is 0.317 e. The minimum absolute atomic E-state index is 0.0304. The van der Waals surface area contributed by atoms with Crippen molar-refractivity contribution in [2.75, 3.05) is 32.8 Å². The Morgan fingerprint density at radius 2 is 2.03 bits per heavy atom. The number of hydrogen-bond acceptors (Lipinski definition) is 4. The molecule has 0 bridgehead atoms. The fourth-order valence-electron chi connectivity index (χ4n) is 3.82. The van der Waals surface area contributed by atoms with Gasteiger partial charge in [0.05, 0.1) is 6.04 Å². The van der Waals surface area contributed by atoms with Gasteiger partial charge in [0.15, 0.2) is 0 Å². The Kier molecular flexibility index (Phi) is 8.50. The molecule has 0 saturated carbocycles. The fraction of sp³-hybridized carbons (Fsp3) is 0.500. The van der Waals surface area contributed by atoms with E-state index in [1.54, 1.807) is 28.4 Å². The first-order chi connectivity index (χ1) is 15.4. The van der Waals surface area contributed by atoms with E-state index < -0.39 is 0 Å². The Hall–Kier alpha value is -2.61. The van der Waals surface area contributed by atoms with E-state index in [0.29, 0.717) is 31.3 Å². The van der Waals surface area contributed by atoms with Crippen LogP contribution in [0.15, 0.2) is 35.7 Å². The molecule has 2 atom stereocenters. The van der Waals surface area contributed by atoms with E-state index in [0.717, 1.165) is 18.4 Å². The maximum atomic E-state index is 13.4. The minimum atomic E-state index is -0.321. The Morgan fingerprint density at radius 1 is 1.28 bits per heavy atom. The maximum absolute atomic E-state index is 13.4. The molecule has 0 fully saturated rings. The number of urea groups is 1. The lowest BCUT2D eigenvalue weighted by Crippen LogP contribution is -2.50. The van der Waals surface area contributed by atoms with Crippen LogP contribution in [0.3, 0.4) is 0 Å². The molecule has 6 nitrogen and oxygen atoms in total. The molecule has 32 heavy (non-hydrogen) atoms. The number of thiophene rings is 1. The van der Waals surface area contributed by atoms with Gasteiger partial charge in [-0.05, 0) is 60.5 Å². The van der Waals surface area contributed by atoms with Crippen LogP contribution in [-0.2, 0) is 11.2 Å². The van der Waals surface area contributed by atoms with Gasteiger partial charge in [0.25, 0.3) is 0 Å². The van der Waals surface area contributed by atoms with Gasteiger partial charge in [0, 0.05) is 24.5 Å². The molecule has 3 rings (SSSR count). The third-order valence-electron chi connectivity index (χ3n) is 5.81. The zero-order valence-corrected chi connectivity index (χ0v) is 19.8. The summed E-state index contributed by atoms with van der Waals surface area (Å²) in [5.41, 5.74) is 1.09. The summed E-state index contributed by atoms with van der Waals surface area (Å²) in [6, 6.07) is 7.46. The first-order valence-corrected chi connectivity index (χ1v) is 12.1. The van der Waals surface area contributed by atoms with E-state index in [-0.39, 0.29) is 36.9 Å². The van der Waals surface area contributed by atoms with Crippen molar-refractivity contribution in [2.24, 2.45) is 5.92 Å². The number of carbonyl (C=O) groups excluding carboxylic acids is 2. The third kappa shape index (κ3) is 6.00. The lowest BCUT2D eigenvalue weighted by molar-refractivity contribution is -0.135. The third-order valence-corrected chi connectivity index (χ3v) is 6.80. The standard InChI is InChI=1S/C24H32FN3O3S/c1-4-17(3)14-27(24(30)26-5-2)15-23(29)28-12-10-22-20(11-13-32-22)21(28)16-31-19-8-6-18(25)7-9-19/h6-9,11,13,17,21H,4-5,10,12,14-16H2,1-3H3,(H,26,30)/t17-,21+/m0/s1. The van der Waals surface area contributed by atoms with Crippen molar-refractivity contribution >= 4 is 23.3 Å². The predicted octanol–water partition coefficient (Wildman–Crippen LogP) is 4.47. The molecule has 0 saturated heterocycles. The van der Waals surface area contributed by atoms with Gasteiger partial charge in [-0.3, -0.25) is 4.79 Å². The van der Waals surface area contributed by atoms with E-state index in [1.165, 1.54) is 17.0 Å². The van der Waals surface area contributed by atoms with E-state index in [9.17, 15) is 14.0 Å². The summed E-state index contributed by atoms with van der Waals surface area (Å²) in [5, 5.41) is 4.86. The summed E-state index contributed by atoms with van der Waals surface area (Å²) >= 11 is 1.69. The molecule has 1 aliphatic heterocycles. The summed E-state index contributed by atoms with van der Waals surface area (Å²) < 4.78 is 19.1. The summed E-state index contributed by atoms with van der Waals surface area (Å²) in [5.74, 6) is 0.442. The average Bonchev–Trinajstić information content (AvgIpc) is 3.27. The summed E-state index contributed by atoms with van der Waals surface area (Å²) in [6.07, 6.45) is 1.72. The monoisotopic (exact) mass is 461 g/mol. The Balaban J connectivity index is 1.75. The molecule has 0 spiro atoms. The van der Waals surface area contributed by atoms with Gasteiger partial charge in [-0.1, -0.05) is 20.3 Å². The van der Waals surface area contributed by atoms with Crippen LogP contribution >= 0.6 is 11.3 Å². The quantitative estimate of drug-likeness (QED) is 0.599. The van der Waals surface area contributed by atoms with Crippen LogP contribution in [0.1, 0.15) is 43.7 Å². The second-order valence-electron chi connectivity index (χ2n) is 8.15. The lowest BCUT2D eigenvalue weighted by atomic mass is 10.00. The van der Waals surface area contributed by atoms with Crippen molar-refractivity contribution in [1.82, 2.24) is 15.1 Å². The topological polar surface area (TPSA) is 61.9 Å². The summed E-state index contributed by atoms with van der Waals surface area (Å²) in [4.78, 5) is 30.7. The molecule has 0 aliphatic carbocycles. The maximum Gasteiger partial charge on any atom is 0.317 e. The highest BCUT2D eigenvalue weighted by Crippen LogP contribution is 2.34. The van der Waals surface area contributed by atoms with Crippen molar-refractivity contribution in [1.29, 1.82) is 0 Å². The molecular weight excluding hydrogens is 429 g/mol. The van der Waals surface area contributed by atoms with Crippen molar-refractivity contribution in [2.45, 2.75) is 39.7 Å². The number of fused-ring (bicyclic) bond motifs is 1. The van der Waals surface area contributed by atoms with Crippen molar-refractivity contribution in [3.8, 4) is 5.75 Å². The van der Waals surface area contributed by atoms with Crippen molar-refractivity contribution < 1.29 is 18.7 Å². The van der Waals surface area contributed by atoms with E-state index in [2.05, 4.69) is 19.2 Å². The number of benzene rings is 1. The number of carbonyl (C=O) groups is 2. The van der Waals surface area contributed by atoms with Gasteiger partial charge in [0.1, 0.15) is 24.7 Å². The molecule has 2 heterocycles. The first-order valence-electron chi connectivity index (χ1n) is 11.2. The highest BCUT2D eigenvalue weighted by Gasteiger charge is 2.33. The van der Waals surface area contributed by atoms with Crippen LogP contribution in [0.2, 0.25) is 0 Å². The number of nitrogens with zero attached hydrogens (tertiary/aromatic N) is 2. The van der Waals surface area contributed by atoms with Gasteiger partial charge >= 0.3 is 6.03 Å². The van der Waals surface area contributed by atoms with Crippen molar-refractivity contribution in [3.05, 3.63) is 52.0 Å². The van der Waals surface area contributed by atoms with Crippen LogP contribution in [0.5, 0.6) is 5.75 Å². The van der Waals surface area contributed by atoms with Gasteiger partial charge in [0.2, 0.25) is 5.91 Å². The number of halogens is 1. The molecule has 8 heteroatoms. The van der Waals surface area contributed by atoms with Crippen LogP contribution < -0.4 is 10.1 Å². The Labute approximate surface area is 193 Å². The molecule has 2 aromatic rings. The number of hydrogen-bond donors (Lipinski definition) is 1. The number of amides is 3. The molecule has 1 aromatic heterocycles. The minimum Gasteiger partial charge on any atom is -0.491 e. The molecule has 174 valence electrons. The van der Waals surface area contributed by atoms with Crippen LogP contribution in [0, 0.1) is 11.7 Å². The Bertz CT molecular complexity index is 902. The van der Waals surface area contributed by atoms with Crippen LogP contribution in [-0.4, -0.2) is 54.5 Å². The number of nitrogens with one attached hydrogen (secondary N) is 1. The summed E-state index contributed by atoms with van der Waals surface area (Å²) in [6.45, 7) is 7.95. The zero-order chi connectivity index (χ0) is 23.1. The Morgan fingerprint density at radius 3 is 2.72 bits per heavy atom. The lowest BCUT2D eigenvalue weighted by Gasteiger charge is -2.37. The molecule has 0 unspecified atom stereocenters. The zero-order valence-electron chi connectivity index (χ0n) is 19.0. The van der Waals surface area contributed by atoms with E-state index in [4.69, 9.17) is 4.74 Å². The molecular formula is C24H32FN3O3S. The van der Waals surface area contributed by atoms with Gasteiger partial charge in [-0.15, -0.1) is 11.3 Å². The molecule has 1 aliphatic rings. The number of rotatable bonds is 9. The highest BCUT2D eigenvalue weighted by atomic mass is 32.1. The molecule has 3 amide bonds. The summed E-state index contributed by atoms with van der Waals surface area (Å²) in [7, 11) is 0. The van der Waals surface area contributed by atoms with Gasteiger partial charge in [-0.2, -0.15) is 0 Å². The fourth-order valence-corrected chi connectivity index (χ4v) is 4.75. The van der Waals surface area contributed by atoms with E-state index >= 15 is 0 Å². The average molecular weight is 462 g/mol. The molecule has 1 N–H and O–H groups in total. The van der Waals surface area contributed by atoms with E-state index in [1.807, 2.05) is 23.3 Å². The van der Waals surface area contributed by atoms with Crippen molar-refractivity contribution in [3.63, 3.8) is 0 Å². The second kappa shape index (κ2) is 11.3. The molecule has 0 radical (unpaired) electrons. The van der Waals surface area contributed by atoms with Crippen LogP contribution in [0.4, 0.5) is 9.18 Å². The highest BCUT2D eigenvalue weighted by molar-refractivity contribution is 7.10. The van der Waals surface area contributed by atoms with Gasteiger partial charge < -0.3 is 19.9 Å². The normalized spacial score (nSPS) is 16.2. The van der Waals surface area contributed by atoms with Gasteiger partial charge in [-0.25, -0.2) is 9.18 Å². The largest absolute Gasteiger partial charge is 0.491 e. The number of ether oxygens (including phenoxy) is 1. The predicted molar refractivity (Wildman–Crippen MR) is 124 cm³/mol. The second-order valence-corrected chi connectivity index (χ2v) is 9.15. The SMILES string of the molecule is CCNC(=O)N(CC(=O)N1CCc2sccc2[C@H]1COc1ccc(F)cc1)C[C@@H](C)CC.